The number of hydrogen-bond acceptors (Lipinski definition) is 6. The molecule has 0 unspecified atom stereocenters. The third kappa shape index (κ3) is 3.81. The van der Waals surface area contributed by atoms with E-state index >= 15 is 0 Å². The van der Waals surface area contributed by atoms with E-state index in [-0.39, 0.29) is 5.56 Å². The SMILES string of the molecule is Cc1ccc(-c2nc(CSc3nnc4n(-c5ccc(C)cc5)c(=O)c5ccccc5n34)co2)cc1. The largest absolute Gasteiger partial charge is 0.444 e. The molecule has 172 valence electrons. The molecule has 35 heavy (non-hydrogen) atoms. The number of rotatable bonds is 5. The molecule has 8 heteroatoms. The third-order valence-corrected chi connectivity index (χ3v) is 6.85. The zero-order valence-electron chi connectivity index (χ0n) is 19.2. The highest BCUT2D eigenvalue weighted by atomic mass is 32.2. The van der Waals surface area contributed by atoms with Gasteiger partial charge < -0.3 is 4.42 Å². The Morgan fingerprint density at radius 1 is 0.886 bits per heavy atom. The molecular formula is C27H21N5O2S. The zero-order valence-corrected chi connectivity index (χ0v) is 20.0. The van der Waals surface area contributed by atoms with Crippen LogP contribution in [0.5, 0.6) is 0 Å². The van der Waals surface area contributed by atoms with Crippen LogP contribution >= 0.6 is 11.8 Å². The van der Waals surface area contributed by atoms with Gasteiger partial charge in [-0.1, -0.05) is 59.3 Å². The van der Waals surface area contributed by atoms with Gasteiger partial charge in [0.1, 0.15) is 6.26 Å². The first-order valence-electron chi connectivity index (χ1n) is 11.2. The maximum Gasteiger partial charge on any atom is 0.267 e. The predicted octanol–water partition coefficient (Wildman–Crippen LogP) is 5.60. The first-order valence-corrected chi connectivity index (χ1v) is 12.2. The van der Waals surface area contributed by atoms with Crippen LogP contribution in [-0.2, 0) is 5.75 Å². The summed E-state index contributed by atoms with van der Waals surface area (Å²) < 4.78 is 9.26. The Morgan fingerprint density at radius 3 is 2.37 bits per heavy atom. The number of aromatic nitrogens is 5. The maximum atomic E-state index is 13.4. The van der Waals surface area contributed by atoms with Crippen molar-refractivity contribution in [3.05, 3.63) is 106 Å². The van der Waals surface area contributed by atoms with Crippen LogP contribution in [0.3, 0.4) is 0 Å². The standard InChI is InChI=1S/C27H21N5O2S/c1-17-7-11-19(12-8-17)24-28-20(15-34-24)16-35-27-30-29-26-31(21-13-9-18(2)10-14-21)25(33)22-5-3-4-6-23(22)32(26)27/h3-15H,16H2,1-2H3. The van der Waals surface area contributed by atoms with E-state index in [0.29, 0.717) is 28.0 Å². The lowest BCUT2D eigenvalue weighted by Gasteiger charge is -2.11. The smallest absolute Gasteiger partial charge is 0.267 e. The molecule has 0 atom stereocenters. The van der Waals surface area contributed by atoms with Gasteiger partial charge in [-0.15, -0.1) is 10.2 Å². The fourth-order valence-corrected chi connectivity index (χ4v) is 4.86. The van der Waals surface area contributed by atoms with E-state index in [9.17, 15) is 4.79 Å². The maximum absolute atomic E-state index is 13.4. The van der Waals surface area contributed by atoms with Crippen molar-refractivity contribution >= 4 is 28.4 Å². The van der Waals surface area contributed by atoms with E-state index in [0.717, 1.165) is 28.0 Å². The molecule has 0 fully saturated rings. The molecule has 0 aliphatic heterocycles. The molecule has 6 rings (SSSR count). The second-order valence-corrected chi connectivity index (χ2v) is 9.35. The molecule has 0 aliphatic carbocycles. The summed E-state index contributed by atoms with van der Waals surface area (Å²) in [5.41, 5.74) is 5.44. The molecule has 6 aromatic rings. The zero-order chi connectivity index (χ0) is 23.9. The van der Waals surface area contributed by atoms with Crippen LogP contribution in [-0.4, -0.2) is 24.1 Å². The van der Waals surface area contributed by atoms with Gasteiger partial charge in [0, 0.05) is 11.3 Å². The first kappa shape index (κ1) is 21.4. The quantitative estimate of drug-likeness (QED) is 0.300. The first-order chi connectivity index (χ1) is 17.1. The minimum atomic E-state index is -0.125. The van der Waals surface area contributed by atoms with Crippen molar-refractivity contribution in [1.29, 1.82) is 0 Å². The molecule has 0 spiro atoms. The van der Waals surface area contributed by atoms with Crippen molar-refractivity contribution in [2.24, 2.45) is 0 Å². The number of thioether (sulfide) groups is 1. The summed E-state index contributed by atoms with van der Waals surface area (Å²) in [7, 11) is 0. The summed E-state index contributed by atoms with van der Waals surface area (Å²) in [5, 5.41) is 10.1. The Morgan fingerprint density at radius 2 is 1.60 bits per heavy atom. The van der Waals surface area contributed by atoms with Gasteiger partial charge in [-0.2, -0.15) is 0 Å². The summed E-state index contributed by atoms with van der Waals surface area (Å²) in [4.78, 5) is 18.1. The Labute approximate surface area is 205 Å². The van der Waals surface area contributed by atoms with Crippen LogP contribution in [0.25, 0.3) is 33.8 Å². The molecular weight excluding hydrogens is 458 g/mol. The molecule has 3 heterocycles. The molecule has 0 aliphatic rings. The molecule has 0 saturated carbocycles. The fourth-order valence-electron chi connectivity index (χ4n) is 4.04. The van der Waals surface area contributed by atoms with Crippen molar-refractivity contribution in [1.82, 2.24) is 24.1 Å². The highest BCUT2D eigenvalue weighted by Gasteiger charge is 2.18. The van der Waals surface area contributed by atoms with Crippen LogP contribution < -0.4 is 5.56 Å². The number of para-hydroxylation sites is 1. The van der Waals surface area contributed by atoms with Crippen LogP contribution in [0.2, 0.25) is 0 Å². The number of hydrogen-bond donors (Lipinski definition) is 0. The summed E-state index contributed by atoms with van der Waals surface area (Å²) in [5.74, 6) is 1.61. The van der Waals surface area contributed by atoms with Crippen molar-refractivity contribution in [3.8, 4) is 17.1 Å². The normalized spacial score (nSPS) is 11.5. The topological polar surface area (TPSA) is 78.2 Å². The monoisotopic (exact) mass is 479 g/mol. The second kappa shape index (κ2) is 8.56. The van der Waals surface area contributed by atoms with Gasteiger partial charge in [0.15, 0.2) is 5.16 Å². The second-order valence-electron chi connectivity index (χ2n) is 8.41. The highest BCUT2D eigenvalue weighted by Crippen LogP contribution is 2.27. The van der Waals surface area contributed by atoms with Gasteiger partial charge >= 0.3 is 0 Å². The van der Waals surface area contributed by atoms with Crippen LogP contribution in [0.4, 0.5) is 0 Å². The summed E-state index contributed by atoms with van der Waals surface area (Å²) in [6, 6.07) is 23.4. The molecule has 0 N–H and O–H groups in total. The minimum Gasteiger partial charge on any atom is -0.444 e. The highest BCUT2D eigenvalue weighted by molar-refractivity contribution is 7.98. The Hall–Kier alpha value is -4.17. The van der Waals surface area contributed by atoms with Gasteiger partial charge in [-0.25, -0.2) is 9.55 Å². The fraction of sp³-hybridized carbons (Fsp3) is 0.111. The molecule has 3 aromatic carbocycles. The average molecular weight is 480 g/mol. The Bertz CT molecular complexity index is 1730. The molecule has 0 amide bonds. The van der Waals surface area contributed by atoms with Crippen LogP contribution in [0, 0.1) is 13.8 Å². The number of nitrogens with zero attached hydrogens (tertiary/aromatic N) is 5. The number of oxazole rings is 1. The number of benzene rings is 3. The van der Waals surface area contributed by atoms with E-state index < -0.39 is 0 Å². The third-order valence-electron chi connectivity index (χ3n) is 5.89. The molecule has 0 saturated heterocycles. The molecule has 0 bridgehead atoms. The van der Waals surface area contributed by atoms with Crippen molar-refractivity contribution in [2.45, 2.75) is 24.8 Å². The molecule has 7 nitrogen and oxygen atoms in total. The summed E-state index contributed by atoms with van der Waals surface area (Å²) in [6.07, 6.45) is 1.67. The van der Waals surface area contributed by atoms with Crippen molar-refractivity contribution in [2.75, 3.05) is 0 Å². The lowest BCUT2D eigenvalue weighted by atomic mass is 10.1. The van der Waals surface area contributed by atoms with E-state index in [2.05, 4.69) is 15.2 Å². The summed E-state index contributed by atoms with van der Waals surface area (Å²) >= 11 is 1.50. The van der Waals surface area contributed by atoms with Gasteiger partial charge in [-0.3, -0.25) is 9.20 Å². The Kier molecular flexibility index (Phi) is 5.22. The van der Waals surface area contributed by atoms with Gasteiger partial charge in [-0.05, 0) is 50.2 Å². The van der Waals surface area contributed by atoms with Gasteiger partial charge in [0.2, 0.25) is 11.7 Å². The Balaban J connectivity index is 1.40. The van der Waals surface area contributed by atoms with E-state index in [1.807, 2.05) is 91.0 Å². The number of fused-ring (bicyclic) bond motifs is 3. The van der Waals surface area contributed by atoms with E-state index in [1.54, 1.807) is 10.8 Å². The van der Waals surface area contributed by atoms with Gasteiger partial charge in [0.25, 0.3) is 5.56 Å². The lowest BCUT2D eigenvalue weighted by molar-refractivity contribution is 0.573. The summed E-state index contributed by atoms with van der Waals surface area (Å²) in [6.45, 7) is 4.06. The van der Waals surface area contributed by atoms with Gasteiger partial charge in [0.05, 0.1) is 22.3 Å². The van der Waals surface area contributed by atoms with Crippen LogP contribution in [0.15, 0.2) is 93.4 Å². The van der Waals surface area contributed by atoms with E-state index in [1.165, 1.54) is 17.3 Å². The average Bonchev–Trinajstić information content (AvgIpc) is 3.52. The van der Waals surface area contributed by atoms with E-state index in [4.69, 9.17) is 4.42 Å². The van der Waals surface area contributed by atoms with Crippen LogP contribution in [0.1, 0.15) is 16.8 Å². The van der Waals surface area contributed by atoms with Crippen molar-refractivity contribution in [3.63, 3.8) is 0 Å². The lowest BCUT2D eigenvalue weighted by Crippen LogP contribution is -2.21. The number of aryl methyl sites for hydroxylation is 2. The molecule has 3 aromatic heterocycles. The molecule has 0 radical (unpaired) electrons. The minimum absolute atomic E-state index is 0.125. The predicted molar refractivity (Wildman–Crippen MR) is 137 cm³/mol. The van der Waals surface area contributed by atoms with Crippen molar-refractivity contribution < 1.29 is 4.42 Å².